The number of benzene rings is 1. The minimum atomic E-state index is -0.970. The molecule has 0 spiro atoms. The van der Waals surface area contributed by atoms with Crippen LogP contribution in [0.5, 0.6) is 0 Å². The summed E-state index contributed by atoms with van der Waals surface area (Å²) in [6.45, 7) is 6.28. The van der Waals surface area contributed by atoms with E-state index in [9.17, 15) is 14.3 Å². The van der Waals surface area contributed by atoms with Gasteiger partial charge in [0.25, 0.3) is 0 Å². The number of nitrogens with zero attached hydrogens (tertiary/aromatic N) is 1. The molecule has 5 heteroatoms. The van der Waals surface area contributed by atoms with Gasteiger partial charge in [-0.3, -0.25) is 0 Å². The highest BCUT2D eigenvalue weighted by atomic mass is 19.1. The first-order valence-corrected chi connectivity index (χ1v) is 6.29. The number of nitrogen functional groups attached to an aromatic ring is 1. The summed E-state index contributed by atoms with van der Waals surface area (Å²) in [5.41, 5.74) is 7.07. The normalized spacial score (nSPS) is 19.2. The second-order valence-electron chi connectivity index (χ2n) is 6.07. The van der Waals surface area contributed by atoms with Gasteiger partial charge in [0.1, 0.15) is 5.82 Å². The predicted octanol–water partition coefficient (Wildman–Crippen LogP) is 3.03. The maximum Gasteiger partial charge on any atom is 0.407 e. The number of rotatable bonds is 0. The van der Waals surface area contributed by atoms with E-state index < -0.39 is 11.9 Å². The second kappa shape index (κ2) is 4.40. The highest BCUT2D eigenvalue weighted by Gasteiger charge is 2.39. The Morgan fingerprint density at radius 1 is 1.47 bits per heavy atom. The summed E-state index contributed by atoms with van der Waals surface area (Å²) in [7, 11) is 0. The van der Waals surface area contributed by atoms with Crippen LogP contribution in [0.4, 0.5) is 14.9 Å². The van der Waals surface area contributed by atoms with Crippen molar-refractivity contribution >= 4 is 11.8 Å². The van der Waals surface area contributed by atoms with Crippen LogP contribution in [0, 0.1) is 11.2 Å². The van der Waals surface area contributed by atoms with Crippen molar-refractivity contribution in [1.29, 1.82) is 0 Å². The van der Waals surface area contributed by atoms with Crippen molar-refractivity contribution in [3.8, 4) is 0 Å². The number of carbonyl (C=O) groups is 1. The third kappa shape index (κ3) is 2.37. The van der Waals surface area contributed by atoms with Gasteiger partial charge in [0.05, 0.1) is 11.7 Å². The topological polar surface area (TPSA) is 66.6 Å². The van der Waals surface area contributed by atoms with Crippen LogP contribution in [0.25, 0.3) is 0 Å². The molecule has 1 aliphatic rings. The van der Waals surface area contributed by atoms with Gasteiger partial charge >= 0.3 is 6.09 Å². The fourth-order valence-corrected chi connectivity index (χ4v) is 2.80. The van der Waals surface area contributed by atoms with Crippen LogP contribution in [0.1, 0.15) is 37.9 Å². The molecule has 1 atom stereocenters. The standard InChI is InChI=1S/C14H19FN2O2/c1-14(2,3)12-9-7-10(15)11(16)6-8(9)4-5-17(12)13(18)19/h6-7,12H,4-5,16H2,1-3H3,(H,18,19). The first-order chi connectivity index (χ1) is 8.71. The van der Waals surface area contributed by atoms with Gasteiger partial charge in [0.15, 0.2) is 0 Å². The largest absolute Gasteiger partial charge is 0.465 e. The quantitative estimate of drug-likeness (QED) is 0.709. The van der Waals surface area contributed by atoms with Gasteiger partial charge in [0.2, 0.25) is 0 Å². The summed E-state index contributed by atoms with van der Waals surface area (Å²) in [4.78, 5) is 12.8. The Morgan fingerprint density at radius 2 is 2.11 bits per heavy atom. The van der Waals surface area contributed by atoms with E-state index in [4.69, 9.17) is 5.73 Å². The minimum Gasteiger partial charge on any atom is -0.465 e. The monoisotopic (exact) mass is 266 g/mol. The molecule has 1 aromatic carbocycles. The average Bonchev–Trinajstić information content (AvgIpc) is 2.27. The summed E-state index contributed by atoms with van der Waals surface area (Å²) in [6, 6.07) is 2.65. The number of hydrogen-bond donors (Lipinski definition) is 2. The molecule has 0 radical (unpaired) electrons. The molecule has 0 aliphatic carbocycles. The fraction of sp³-hybridized carbons (Fsp3) is 0.500. The minimum absolute atomic E-state index is 0.121. The molecule has 0 saturated heterocycles. The van der Waals surface area contributed by atoms with Gasteiger partial charge in [-0.2, -0.15) is 0 Å². The first kappa shape index (κ1) is 13.6. The molecule has 19 heavy (non-hydrogen) atoms. The second-order valence-corrected chi connectivity index (χ2v) is 6.07. The van der Waals surface area contributed by atoms with E-state index >= 15 is 0 Å². The van der Waals surface area contributed by atoms with E-state index in [1.54, 1.807) is 6.07 Å². The van der Waals surface area contributed by atoms with Crippen LogP contribution in [-0.4, -0.2) is 22.6 Å². The maximum absolute atomic E-state index is 13.7. The summed E-state index contributed by atoms with van der Waals surface area (Å²) >= 11 is 0. The molecule has 4 nitrogen and oxygen atoms in total. The number of amides is 1. The zero-order chi connectivity index (χ0) is 14.4. The van der Waals surface area contributed by atoms with Crippen molar-refractivity contribution in [2.75, 3.05) is 12.3 Å². The molecule has 1 aromatic rings. The highest BCUT2D eigenvalue weighted by Crippen LogP contribution is 2.43. The van der Waals surface area contributed by atoms with Gasteiger partial charge in [-0.1, -0.05) is 20.8 Å². The van der Waals surface area contributed by atoms with Crippen molar-refractivity contribution in [1.82, 2.24) is 4.90 Å². The smallest absolute Gasteiger partial charge is 0.407 e. The van der Waals surface area contributed by atoms with E-state index in [1.807, 2.05) is 20.8 Å². The Kier molecular flexibility index (Phi) is 3.16. The van der Waals surface area contributed by atoms with Crippen molar-refractivity contribution in [3.05, 3.63) is 29.1 Å². The number of carboxylic acid groups (broad SMARTS) is 1. The molecule has 1 aliphatic heterocycles. The molecule has 0 saturated carbocycles. The molecule has 1 unspecified atom stereocenters. The maximum atomic E-state index is 13.7. The first-order valence-electron chi connectivity index (χ1n) is 6.29. The lowest BCUT2D eigenvalue weighted by atomic mass is 9.77. The van der Waals surface area contributed by atoms with Crippen LogP contribution in [0.3, 0.4) is 0 Å². The molecule has 0 bridgehead atoms. The molecular formula is C14H19FN2O2. The zero-order valence-corrected chi connectivity index (χ0v) is 11.4. The van der Waals surface area contributed by atoms with E-state index in [2.05, 4.69) is 0 Å². The zero-order valence-electron chi connectivity index (χ0n) is 11.4. The SMILES string of the molecule is CC(C)(C)C1c2cc(F)c(N)cc2CCN1C(=O)O. The summed E-state index contributed by atoms with van der Waals surface area (Å²) in [6.07, 6.45) is -0.401. The number of anilines is 1. The number of halogens is 1. The van der Waals surface area contributed by atoms with Gasteiger partial charge in [-0.15, -0.1) is 0 Å². The Labute approximate surface area is 112 Å². The molecule has 3 N–H and O–H groups in total. The highest BCUT2D eigenvalue weighted by molar-refractivity contribution is 5.67. The van der Waals surface area contributed by atoms with E-state index in [-0.39, 0.29) is 17.1 Å². The van der Waals surface area contributed by atoms with Crippen LogP contribution in [-0.2, 0) is 6.42 Å². The molecule has 0 fully saturated rings. The van der Waals surface area contributed by atoms with Crippen LogP contribution >= 0.6 is 0 Å². The van der Waals surface area contributed by atoms with Crippen molar-refractivity contribution in [3.63, 3.8) is 0 Å². The van der Waals surface area contributed by atoms with Crippen molar-refractivity contribution < 1.29 is 14.3 Å². The van der Waals surface area contributed by atoms with Gasteiger partial charge < -0.3 is 15.7 Å². The van der Waals surface area contributed by atoms with Crippen molar-refractivity contribution in [2.45, 2.75) is 33.2 Å². The fourth-order valence-electron chi connectivity index (χ4n) is 2.80. The lowest BCUT2D eigenvalue weighted by molar-refractivity contribution is 0.0757. The number of fused-ring (bicyclic) bond motifs is 1. The van der Waals surface area contributed by atoms with E-state index in [0.29, 0.717) is 13.0 Å². The average molecular weight is 266 g/mol. The Bertz CT molecular complexity index is 523. The number of hydrogen-bond acceptors (Lipinski definition) is 2. The summed E-state index contributed by atoms with van der Waals surface area (Å²) in [5.74, 6) is -0.486. The van der Waals surface area contributed by atoms with E-state index in [1.165, 1.54) is 11.0 Å². The van der Waals surface area contributed by atoms with Crippen LogP contribution < -0.4 is 5.73 Å². The molecule has 1 amide bonds. The van der Waals surface area contributed by atoms with Crippen molar-refractivity contribution in [2.24, 2.45) is 5.41 Å². The summed E-state index contributed by atoms with van der Waals surface area (Å²) in [5, 5.41) is 9.33. The lowest BCUT2D eigenvalue weighted by Crippen LogP contribution is -2.44. The molecule has 1 heterocycles. The van der Waals surface area contributed by atoms with Crippen LogP contribution in [0.15, 0.2) is 12.1 Å². The molecule has 104 valence electrons. The Morgan fingerprint density at radius 3 is 2.63 bits per heavy atom. The predicted molar refractivity (Wildman–Crippen MR) is 71.4 cm³/mol. The van der Waals surface area contributed by atoms with Crippen LogP contribution in [0.2, 0.25) is 0 Å². The van der Waals surface area contributed by atoms with E-state index in [0.717, 1.165) is 11.1 Å². The summed E-state index contributed by atoms with van der Waals surface area (Å²) < 4.78 is 13.7. The Balaban J connectivity index is 2.58. The molecular weight excluding hydrogens is 247 g/mol. The third-order valence-corrected chi connectivity index (χ3v) is 3.55. The van der Waals surface area contributed by atoms with Gasteiger partial charge in [0, 0.05) is 6.54 Å². The molecule has 2 rings (SSSR count). The third-order valence-electron chi connectivity index (χ3n) is 3.55. The molecule has 0 aromatic heterocycles. The number of nitrogens with two attached hydrogens (primary N) is 1. The van der Waals surface area contributed by atoms with Gasteiger partial charge in [-0.25, -0.2) is 9.18 Å². The van der Waals surface area contributed by atoms with Gasteiger partial charge in [-0.05, 0) is 35.1 Å². The lowest BCUT2D eigenvalue weighted by Gasteiger charge is -2.43. The Hall–Kier alpha value is -1.78.